The Morgan fingerprint density at radius 2 is 1.90 bits per heavy atom. The van der Waals surface area contributed by atoms with E-state index in [1.807, 2.05) is 12.1 Å². The molecule has 0 radical (unpaired) electrons. The first kappa shape index (κ1) is 15.1. The number of carbonyl (C=O) groups is 2. The van der Waals surface area contributed by atoms with Gasteiger partial charge in [0.1, 0.15) is 0 Å². The fourth-order valence-corrected chi connectivity index (χ4v) is 2.77. The Kier molecular flexibility index (Phi) is 4.89. The summed E-state index contributed by atoms with van der Waals surface area (Å²) in [4.78, 5) is 22.2. The number of carbonyl (C=O) groups excluding carboxylic acids is 1. The van der Waals surface area contributed by atoms with Crippen molar-refractivity contribution in [2.75, 3.05) is 6.54 Å². The molecule has 2 unspecified atom stereocenters. The van der Waals surface area contributed by atoms with Crippen molar-refractivity contribution in [3.05, 3.63) is 33.8 Å². The van der Waals surface area contributed by atoms with Gasteiger partial charge < -0.3 is 10.4 Å². The zero-order chi connectivity index (χ0) is 14.7. The summed E-state index contributed by atoms with van der Waals surface area (Å²) in [7, 11) is 0. The van der Waals surface area contributed by atoms with E-state index in [1.165, 1.54) is 0 Å². The Bertz CT molecular complexity index is 513. The van der Waals surface area contributed by atoms with Crippen LogP contribution in [0.5, 0.6) is 0 Å². The summed E-state index contributed by atoms with van der Waals surface area (Å²) in [5.41, 5.74) is 0.980. The van der Waals surface area contributed by atoms with E-state index >= 15 is 0 Å². The van der Waals surface area contributed by atoms with E-state index < -0.39 is 5.97 Å². The number of aliphatic carboxylic acids is 1. The van der Waals surface area contributed by atoms with Gasteiger partial charge in [0.15, 0.2) is 0 Å². The average molecular weight is 316 g/mol. The molecule has 0 spiro atoms. The van der Waals surface area contributed by atoms with E-state index in [-0.39, 0.29) is 24.2 Å². The van der Waals surface area contributed by atoms with E-state index in [2.05, 4.69) is 5.32 Å². The van der Waals surface area contributed by atoms with E-state index in [0.29, 0.717) is 23.0 Å². The van der Waals surface area contributed by atoms with Crippen LogP contribution in [0.4, 0.5) is 0 Å². The minimum absolute atomic E-state index is 0.0310. The number of carboxylic acid groups (broad SMARTS) is 1. The molecule has 1 amide bonds. The van der Waals surface area contributed by atoms with Crippen molar-refractivity contribution in [2.45, 2.75) is 25.2 Å². The highest BCUT2D eigenvalue weighted by Gasteiger charge is 2.43. The molecule has 1 aromatic rings. The Hall–Kier alpha value is -1.26. The summed E-state index contributed by atoms with van der Waals surface area (Å²) < 4.78 is 0. The second kappa shape index (κ2) is 6.46. The van der Waals surface area contributed by atoms with Crippen LogP contribution in [-0.2, 0) is 9.59 Å². The number of amides is 1. The topological polar surface area (TPSA) is 66.4 Å². The Morgan fingerprint density at radius 1 is 1.25 bits per heavy atom. The maximum absolute atomic E-state index is 11.9. The first-order chi connectivity index (χ1) is 9.47. The molecule has 0 heterocycles. The molecule has 1 fully saturated rings. The van der Waals surface area contributed by atoms with Gasteiger partial charge in [-0.1, -0.05) is 23.2 Å². The molecule has 1 saturated carbocycles. The number of nitrogens with one attached hydrogen (secondary N) is 1. The van der Waals surface area contributed by atoms with Crippen LogP contribution in [0.1, 0.15) is 30.7 Å². The number of carboxylic acids is 1. The minimum atomic E-state index is -0.850. The molecule has 0 aromatic heterocycles. The zero-order valence-electron chi connectivity index (χ0n) is 10.7. The van der Waals surface area contributed by atoms with Crippen LogP contribution in [-0.4, -0.2) is 23.5 Å². The third kappa shape index (κ3) is 4.12. The third-order valence-electron chi connectivity index (χ3n) is 3.31. The van der Waals surface area contributed by atoms with Crippen molar-refractivity contribution < 1.29 is 14.7 Å². The van der Waals surface area contributed by atoms with Gasteiger partial charge in [-0.3, -0.25) is 9.59 Å². The number of benzene rings is 1. The lowest BCUT2D eigenvalue weighted by Gasteiger charge is -2.05. The molecule has 1 aliphatic rings. The van der Waals surface area contributed by atoms with Crippen molar-refractivity contribution in [3.63, 3.8) is 0 Å². The highest BCUT2D eigenvalue weighted by atomic mass is 35.5. The van der Waals surface area contributed by atoms with Crippen molar-refractivity contribution >= 4 is 35.1 Å². The molecule has 2 N–H and O–H groups in total. The van der Waals surface area contributed by atoms with Gasteiger partial charge in [0.2, 0.25) is 5.91 Å². The molecule has 0 saturated heterocycles. The fraction of sp³-hybridized carbons (Fsp3) is 0.429. The van der Waals surface area contributed by atoms with Crippen LogP contribution in [0.25, 0.3) is 0 Å². The molecule has 108 valence electrons. The van der Waals surface area contributed by atoms with Gasteiger partial charge in [-0.25, -0.2) is 0 Å². The molecule has 1 aliphatic carbocycles. The van der Waals surface area contributed by atoms with Crippen molar-refractivity contribution in [1.82, 2.24) is 5.32 Å². The van der Waals surface area contributed by atoms with Gasteiger partial charge in [0, 0.05) is 28.9 Å². The van der Waals surface area contributed by atoms with Crippen LogP contribution < -0.4 is 5.32 Å². The second-order valence-corrected chi connectivity index (χ2v) is 5.81. The number of rotatable bonds is 6. The van der Waals surface area contributed by atoms with Crippen LogP contribution in [0.15, 0.2) is 18.2 Å². The smallest absolute Gasteiger partial charge is 0.303 e. The first-order valence-electron chi connectivity index (χ1n) is 6.43. The van der Waals surface area contributed by atoms with Gasteiger partial charge >= 0.3 is 5.97 Å². The molecule has 6 heteroatoms. The monoisotopic (exact) mass is 315 g/mol. The lowest BCUT2D eigenvalue weighted by Crippen LogP contribution is -2.26. The zero-order valence-corrected chi connectivity index (χ0v) is 12.2. The fourth-order valence-electron chi connectivity index (χ4n) is 2.22. The van der Waals surface area contributed by atoms with Gasteiger partial charge in [0.05, 0.1) is 0 Å². The molecule has 2 atom stereocenters. The van der Waals surface area contributed by atoms with Gasteiger partial charge in [0.25, 0.3) is 0 Å². The molecule has 1 aromatic carbocycles. The molecule has 0 bridgehead atoms. The predicted molar refractivity (Wildman–Crippen MR) is 77.2 cm³/mol. The van der Waals surface area contributed by atoms with Crippen LogP contribution in [0.3, 0.4) is 0 Å². The van der Waals surface area contributed by atoms with Crippen molar-refractivity contribution in [3.8, 4) is 0 Å². The third-order valence-corrected chi connectivity index (χ3v) is 3.74. The molecular weight excluding hydrogens is 301 g/mol. The second-order valence-electron chi connectivity index (χ2n) is 4.94. The van der Waals surface area contributed by atoms with Crippen molar-refractivity contribution in [1.29, 1.82) is 0 Å². The minimum Gasteiger partial charge on any atom is -0.481 e. The lowest BCUT2D eigenvalue weighted by atomic mass is 10.1. The van der Waals surface area contributed by atoms with E-state index in [1.54, 1.807) is 6.07 Å². The maximum Gasteiger partial charge on any atom is 0.303 e. The summed E-state index contributed by atoms with van der Waals surface area (Å²) in [6.07, 6.45) is 1.29. The molecule has 0 aliphatic heterocycles. The summed E-state index contributed by atoms with van der Waals surface area (Å²) in [6.45, 7) is 0.394. The molecule has 4 nitrogen and oxygen atoms in total. The number of hydrogen-bond donors (Lipinski definition) is 2. The van der Waals surface area contributed by atoms with Crippen molar-refractivity contribution in [2.24, 2.45) is 5.92 Å². The highest BCUT2D eigenvalue weighted by Crippen LogP contribution is 2.48. The Morgan fingerprint density at radius 3 is 2.50 bits per heavy atom. The van der Waals surface area contributed by atoms with Crippen LogP contribution in [0.2, 0.25) is 10.0 Å². The van der Waals surface area contributed by atoms with Crippen LogP contribution >= 0.6 is 23.2 Å². The number of halogens is 2. The Labute approximate surface area is 127 Å². The highest BCUT2D eigenvalue weighted by molar-refractivity contribution is 6.34. The van der Waals surface area contributed by atoms with E-state index in [0.717, 1.165) is 12.0 Å². The van der Waals surface area contributed by atoms with Gasteiger partial charge in [-0.2, -0.15) is 0 Å². The standard InChI is InChI=1S/C14H15Cl2NO3/c15-9-4-8(5-10(16)6-9)11-7-12(11)14(20)17-3-1-2-13(18)19/h4-6,11-12H,1-3,7H2,(H,17,20)(H,18,19). The SMILES string of the molecule is O=C(O)CCCNC(=O)C1CC1c1cc(Cl)cc(Cl)c1. The average Bonchev–Trinajstić information content (AvgIpc) is 3.13. The van der Waals surface area contributed by atoms with E-state index in [9.17, 15) is 9.59 Å². The molecular formula is C14H15Cl2NO3. The summed E-state index contributed by atoms with van der Waals surface area (Å²) in [6, 6.07) is 5.32. The first-order valence-corrected chi connectivity index (χ1v) is 7.18. The molecule has 20 heavy (non-hydrogen) atoms. The predicted octanol–water partition coefficient (Wildman–Crippen LogP) is 3.08. The maximum atomic E-state index is 11.9. The quantitative estimate of drug-likeness (QED) is 0.793. The normalized spacial score (nSPS) is 20.5. The molecule has 2 rings (SSSR count). The van der Waals surface area contributed by atoms with Crippen LogP contribution in [0, 0.1) is 5.92 Å². The number of hydrogen-bond acceptors (Lipinski definition) is 2. The largest absolute Gasteiger partial charge is 0.481 e. The summed E-state index contributed by atoms with van der Waals surface area (Å²) in [5.74, 6) is -0.784. The summed E-state index contributed by atoms with van der Waals surface area (Å²) in [5, 5.41) is 12.4. The van der Waals surface area contributed by atoms with Gasteiger partial charge in [-0.15, -0.1) is 0 Å². The summed E-state index contributed by atoms with van der Waals surface area (Å²) >= 11 is 11.9. The Balaban J connectivity index is 1.81. The van der Waals surface area contributed by atoms with Gasteiger partial charge in [-0.05, 0) is 42.5 Å². The van der Waals surface area contributed by atoms with E-state index in [4.69, 9.17) is 28.3 Å². The lowest BCUT2D eigenvalue weighted by molar-refractivity contribution is -0.137.